The molecular weight excluding hydrogens is 473 g/mol. The second-order valence-corrected chi connectivity index (χ2v) is 6.09. The molecular formula is C20H36IN3O4. The van der Waals surface area contributed by atoms with Crippen LogP contribution < -0.4 is 20.1 Å². The van der Waals surface area contributed by atoms with Gasteiger partial charge in [0, 0.05) is 31.9 Å². The number of guanidine groups is 1. The molecule has 0 aliphatic carbocycles. The van der Waals surface area contributed by atoms with Crippen molar-refractivity contribution in [3.05, 3.63) is 23.8 Å². The molecule has 0 saturated carbocycles. The summed E-state index contributed by atoms with van der Waals surface area (Å²) in [6.07, 6.45) is 2.36. The number of unbranched alkanes of at least 4 members (excludes halogenated alkanes) is 1. The third kappa shape index (κ3) is 10.3. The average Bonchev–Trinajstić information content (AvgIpc) is 2.70. The molecule has 162 valence electrons. The van der Waals surface area contributed by atoms with Crippen molar-refractivity contribution in [3.8, 4) is 11.5 Å². The third-order valence-electron chi connectivity index (χ3n) is 3.96. The number of aliphatic hydroxyl groups excluding tert-OH is 1. The van der Waals surface area contributed by atoms with Crippen LogP contribution in [0.25, 0.3) is 0 Å². The summed E-state index contributed by atoms with van der Waals surface area (Å²) in [4.78, 5) is 4.48. The summed E-state index contributed by atoms with van der Waals surface area (Å²) in [5, 5.41) is 17.0. The lowest BCUT2D eigenvalue weighted by Crippen LogP contribution is -2.38. The number of aliphatic hydroxyl groups is 1. The van der Waals surface area contributed by atoms with Crippen molar-refractivity contribution >= 4 is 29.9 Å². The van der Waals surface area contributed by atoms with Gasteiger partial charge in [-0.1, -0.05) is 13.3 Å². The number of methoxy groups -OCH3 is 2. The van der Waals surface area contributed by atoms with E-state index in [1.807, 2.05) is 6.92 Å². The number of nitrogens with zero attached hydrogens (tertiary/aromatic N) is 1. The quantitative estimate of drug-likeness (QED) is 0.164. The Hall–Kier alpha value is -1.26. The zero-order chi connectivity index (χ0) is 19.9. The Kier molecular flexibility index (Phi) is 15.9. The molecule has 0 aliphatic rings. The molecule has 1 atom stereocenters. The van der Waals surface area contributed by atoms with Gasteiger partial charge in [0.15, 0.2) is 5.96 Å². The van der Waals surface area contributed by atoms with Gasteiger partial charge in [-0.3, -0.25) is 4.99 Å². The Morgan fingerprint density at radius 3 is 2.50 bits per heavy atom. The fourth-order valence-electron chi connectivity index (χ4n) is 2.45. The van der Waals surface area contributed by atoms with E-state index in [2.05, 4.69) is 22.5 Å². The van der Waals surface area contributed by atoms with E-state index in [1.165, 1.54) is 0 Å². The van der Waals surface area contributed by atoms with Crippen LogP contribution >= 0.6 is 24.0 Å². The first kappa shape index (κ1) is 26.7. The first-order valence-corrected chi connectivity index (χ1v) is 9.66. The van der Waals surface area contributed by atoms with E-state index in [0.29, 0.717) is 23.0 Å². The Bertz CT molecular complexity index is 558. The van der Waals surface area contributed by atoms with Gasteiger partial charge >= 0.3 is 0 Å². The molecule has 0 bridgehead atoms. The van der Waals surface area contributed by atoms with E-state index < -0.39 is 6.10 Å². The highest BCUT2D eigenvalue weighted by Gasteiger charge is 2.14. The minimum atomic E-state index is -0.789. The smallest absolute Gasteiger partial charge is 0.191 e. The summed E-state index contributed by atoms with van der Waals surface area (Å²) in [5.41, 5.74) is 0.653. The number of benzene rings is 1. The molecule has 7 nitrogen and oxygen atoms in total. The van der Waals surface area contributed by atoms with Crippen LogP contribution in [0.3, 0.4) is 0 Å². The molecule has 28 heavy (non-hydrogen) atoms. The molecule has 0 aromatic heterocycles. The van der Waals surface area contributed by atoms with E-state index >= 15 is 0 Å². The second kappa shape index (κ2) is 16.7. The minimum Gasteiger partial charge on any atom is -0.497 e. The van der Waals surface area contributed by atoms with E-state index in [4.69, 9.17) is 14.2 Å². The molecule has 8 heteroatoms. The molecule has 0 aliphatic heterocycles. The second-order valence-electron chi connectivity index (χ2n) is 6.09. The van der Waals surface area contributed by atoms with Crippen LogP contribution in [-0.4, -0.2) is 58.1 Å². The number of hydrogen-bond acceptors (Lipinski definition) is 5. The molecule has 0 spiro atoms. The molecule has 3 N–H and O–H groups in total. The van der Waals surface area contributed by atoms with E-state index in [-0.39, 0.29) is 30.5 Å². The fraction of sp³-hybridized carbons (Fsp3) is 0.650. The number of halogens is 1. The van der Waals surface area contributed by atoms with Crippen LogP contribution in [0.5, 0.6) is 11.5 Å². The number of ether oxygens (including phenoxy) is 3. The zero-order valence-electron chi connectivity index (χ0n) is 17.5. The van der Waals surface area contributed by atoms with Crippen LogP contribution in [-0.2, 0) is 4.74 Å². The predicted molar refractivity (Wildman–Crippen MR) is 124 cm³/mol. The van der Waals surface area contributed by atoms with Crippen molar-refractivity contribution in [1.82, 2.24) is 10.6 Å². The van der Waals surface area contributed by atoms with Crippen molar-refractivity contribution in [3.63, 3.8) is 0 Å². The largest absolute Gasteiger partial charge is 0.497 e. The molecule has 0 amide bonds. The summed E-state index contributed by atoms with van der Waals surface area (Å²) >= 11 is 0. The Morgan fingerprint density at radius 1 is 1.11 bits per heavy atom. The average molecular weight is 509 g/mol. The highest BCUT2D eigenvalue weighted by Crippen LogP contribution is 2.29. The van der Waals surface area contributed by atoms with Crippen LogP contribution in [0.2, 0.25) is 0 Å². The summed E-state index contributed by atoms with van der Waals surface area (Å²) in [5.74, 6) is 1.95. The summed E-state index contributed by atoms with van der Waals surface area (Å²) < 4.78 is 16.1. The van der Waals surface area contributed by atoms with Gasteiger partial charge in [0.25, 0.3) is 0 Å². The highest BCUT2D eigenvalue weighted by atomic mass is 127. The van der Waals surface area contributed by atoms with Crippen molar-refractivity contribution in [2.45, 2.75) is 39.2 Å². The van der Waals surface area contributed by atoms with Crippen LogP contribution in [0, 0.1) is 0 Å². The molecule has 1 rings (SSSR count). The van der Waals surface area contributed by atoms with Gasteiger partial charge in [0.2, 0.25) is 0 Å². The molecule has 0 radical (unpaired) electrons. The van der Waals surface area contributed by atoms with E-state index in [1.54, 1.807) is 32.4 Å². The van der Waals surface area contributed by atoms with Crippen molar-refractivity contribution in [2.75, 3.05) is 47.1 Å². The molecule has 0 heterocycles. The topological polar surface area (TPSA) is 84.3 Å². The maximum absolute atomic E-state index is 10.5. The van der Waals surface area contributed by atoms with Gasteiger partial charge in [0.05, 0.1) is 20.8 Å². The van der Waals surface area contributed by atoms with Crippen LogP contribution in [0.4, 0.5) is 0 Å². The summed E-state index contributed by atoms with van der Waals surface area (Å²) in [7, 11) is 3.17. The van der Waals surface area contributed by atoms with Gasteiger partial charge in [-0.05, 0) is 38.0 Å². The summed E-state index contributed by atoms with van der Waals surface area (Å²) in [6, 6.07) is 5.35. The zero-order valence-corrected chi connectivity index (χ0v) is 19.8. The van der Waals surface area contributed by atoms with Crippen LogP contribution in [0.15, 0.2) is 23.2 Å². The molecule has 0 saturated heterocycles. The lowest BCUT2D eigenvalue weighted by Gasteiger charge is -2.16. The van der Waals surface area contributed by atoms with Crippen molar-refractivity contribution < 1.29 is 19.3 Å². The maximum Gasteiger partial charge on any atom is 0.191 e. The normalized spacial score (nSPS) is 12.1. The Balaban J connectivity index is 0.00000729. The van der Waals surface area contributed by atoms with Gasteiger partial charge in [-0.25, -0.2) is 0 Å². The SMILES string of the molecule is CCCCOCCCNC(=NCC(O)c1cc(OC)ccc1OC)NCC.I. The molecule has 1 aromatic rings. The van der Waals surface area contributed by atoms with Gasteiger partial charge < -0.3 is 30.0 Å². The van der Waals surface area contributed by atoms with Gasteiger partial charge in [-0.15, -0.1) is 24.0 Å². The Morgan fingerprint density at radius 2 is 1.86 bits per heavy atom. The van der Waals surface area contributed by atoms with Crippen molar-refractivity contribution in [2.24, 2.45) is 4.99 Å². The maximum atomic E-state index is 10.5. The minimum absolute atomic E-state index is 0. The Labute approximate surface area is 186 Å². The monoisotopic (exact) mass is 509 g/mol. The molecule has 1 unspecified atom stereocenters. The number of rotatable bonds is 13. The number of aliphatic imine (C=N–C) groups is 1. The first-order valence-electron chi connectivity index (χ1n) is 9.66. The standard InChI is InChI=1S/C20H35N3O4.HI/c1-5-7-12-27-13-8-11-22-20(21-6-2)23-15-18(24)17-14-16(25-3)9-10-19(17)26-4;/h9-10,14,18,24H,5-8,11-13,15H2,1-4H3,(H2,21,22,23);1H. The van der Waals surface area contributed by atoms with E-state index in [0.717, 1.165) is 45.6 Å². The lowest BCUT2D eigenvalue weighted by molar-refractivity contribution is 0.129. The van der Waals surface area contributed by atoms with Gasteiger partial charge in [-0.2, -0.15) is 0 Å². The lowest BCUT2D eigenvalue weighted by atomic mass is 10.1. The van der Waals surface area contributed by atoms with Crippen molar-refractivity contribution in [1.29, 1.82) is 0 Å². The fourth-order valence-corrected chi connectivity index (χ4v) is 2.45. The third-order valence-corrected chi connectivity index (χ3v) is 3.96. The molecule has 1 aromatic carbocycles. The number of hydrogen-bond donors (Lipinski definition) is 3. The predicted octanol–water partition coefficient (Wildman–Crippen LogP) is 3.12. The molecule has 0 fully saturated rings. The van der Waals surface area contributed by atoms with Gasteiger partial charge in [0.1, 0.15) is 17.6 Å². The van der Waals surface area contributed by atoms with E-state index in [9.17, 15) is 5.11 Å². The first-order chi connectivity index (χ1) is 13.2. The number of nitrogens with one attached hydrogen (secondary N) is 2. The van der Waals surface area contributed by atoms with Crippen LogP contribution in [0.1, 0.15) is 44.8 Å². The summed E-state index contributed by atoms with van der Waals surface area (Å²) in [6.45, 7) is 7.43. The highest BCUT2D eigenvalue weighted by molar-refractivity contribution is 14.0.